The summed E-state index contributed by atoms with van der Waals surface area (Å²) in [7, 11) is 0. The lowest BCUT2D eigenvalue weighted by molar-refractivity contribution is 0.182. The molecule has 2 fully saturated rings. The number of fused-ring (bicyclic) bond motifs is 1. The molecule has 0 bridgehead atoms. The first-order chi connectivity index (χ1) is 8.66. The van der Waals surface area contributed by atoms with Crippen LogP contribution < -0.4 is 5.32 Å². The van der Waals surface area contributed by atoms with Crippen molar-refractivity contribution in [3.8, 4) is 5.75 Å². The van der Waals surface area contributed by atoms with Crippen molar-refractivity contribution in [1.29, 1.82) is 0 Å². The second kappa shape index (κ2) is 4.56. The van der Waals surface area contributed by atoms with Gasteiger partial charge in [0.1, 0.15) is 5.75 Å². The van der Waals surface area contributed by atoms with E-state index >= 15 is 0 Å². The average Bonchev–Trinajstić information content (AvgIpc) is 2.93. The van der Waals surface area contributed by atoms with Gasteiger partial charge in [-0.1, -0.05) is 12.1 Å². The Labute approximate surface area is 109 Å². The number of benzene rings is 1. The van der Waals surface area contributed by atoms with Crippen molar-refractivity contribution in [2.45, 2.75) is 25.9 Å². The van der Waals surface area contributed by atoms with E-state index in [0.29, 0.717) is 17.8 Å². The van der Waals surface area contributed by atoms with Crippen LogP contribution in [-0.4, -0.2) is 35.7 Å². The van der Waals surface area contributed by atoms with Crippen LogP contribution in [0.5, 0.6) is 5.75 Å². The van der Waals surface area contributed by atoms with Gasteiger partial charge >= 0.3 is 0 Å². The molecule has 2 aliphatic heterocycles. The van der Waals surface area contributed by atoms with Gasteiger partial charge in [0.2, 0.25) is 0 Å². The first kappa shape index (κ1) is 12.0. The van der Waals surface area contributed by atoms with Crippen molar-refractivity contribution in [3.05, 3.63) is 29.8 Å². The van der Waals surface area contributed by atoms with Gasteiger partial charge in [-0.2, -0.15) is 0 Å². The number of hydrogen-bond acceptors (Lipinski definition) is 3. The van der Waals surface area contributed by atoms with E-state index in [9.17, 15) is 5.11 Å². The van der Waals surface area contributed by atoms with Crippen molar-refractivity contribution in [2.24, 2.45) is 11.8 Å². The Balaban J connectivity index is 1.77. The number of likely N-dealkylation sites (tertiary alicyclic amines) is 1. The molecule has 18 heavy (non-hydrogen) atoms. The van der Waals surface area contributed by atoms with Crippen LogP contribution in [0.1, 0.15) is 25.5 Å². The number of nitrogens with one attached hydrogen (secondary N) is 1. The van der Waals surface area contributed by atoms with E-state index in [1.165, 1.54) is 25.2 Å². The second-order valence-corrected chi connectivity index (χ2v) is 5.79. The van der Waals surface area contributed by atoms with Gasteiger partial charge in [0.25, 0.3) is 0 Å². The number of aromatic hydroxyl groups is 1. The van der Waals surface area contributed by atoms with Crippen LogP contribution in [0.25, 0.3) is 0 Å². The SMILES string of the molecule is CC(c1ccc(O)cc1)N1CC2CNCC2C1C. The van der Waals surface area contributed by atoms with Crippen LogP contribution in [0.2, 0.25) is 0 Å². The van der Waals surface area contributed by atoms with Crippen molar-refractivity contribution < 1.29 is 5.11 Å². The van der Waals surface area contributed by atoms with E-state index in [1.54, 1.807) is 12.1 Å². The lowest BCUT2D eigenvalue weighted by atomic mass is 9.95. The summed E-state index contributed by atoms with van der Waals surface area (Å²) in [5.74, 6) is 1.98. The average molecular weight is 246 g/mol. The van der Waals surface area contributed by atoms with Gasteiger partial charge in [-0.25, -0.2) is 0 Å². The third-order valence-electron chi connectivity index (χ3n) is 4.85. The van der Waals surface area contributed by atoms with E-state index < -0.39 is 0 Å². The zero-order chi connectivity index (χ0) is 12.7. The van der Waals surface area contributed by atoms with Gasteiger partial charge in [0.15, 0.2) is 0 Å². The summed E-state index contributed by atoms with van der Waals surface area (Å²) in [4.78, 5) is 2.61. The van der Waals surface area contributed by atoms with E-state index in [0.717, 1.165) is 11.8 Å². The smallest absolute Gasteiger partial charge is 0.115 e. The maximum Gasteiger partial charge on any atom is 0.115 e. The molecule has 0 saturated carbocycles. The summed E-state index contributed by atoms with van der Waals surface area (Å²) in [5.41, 5.74) is 1.30. The van der Waals surface area contributed by atoms with Crippen LogP contribution in [0.15, 0.2) is 24.3 Å². The lowest BCUT2D eigenvalue weighted by Gasteiger charge is -2.31. The highest BCUT2D eigenvalue weighted by Crippen LogP contribution is 2.37. The van der Waals surface area contributed by atoms with Crippen molar-refractivity contribution in [1.82, 2.24) is 10.2 Å². The Hall–Kier alpha value is -1.06. The van der Waals surface area contributed by atoms with Crippen LogP contribution >= 0.6 is 0 Å². The minimum atomic E-state index is 0.349. The first-order valence-corrected chi connectivity index (χ1v) is 6.92. The van der Waals surface area contributed by atoms with Gasteiger partial charge in [-0.15, -0.1) is 0 Å². The molecule has 2 aliphatic rings. The highest BCUT2D eigenvalue weighted by Gasteiger charge is 2.43. The number of nitrogens with zero attached hydrogens (tertiary/aromatic N) is 1. The fraction of sp³-hybridized carbons (Fsp3) is 0.600. The van der Waals surface area contributed by atoms with Crippen molar-refractivity contribution >= 4 is 0 Å². The van der Waals surface area contributed by atoms with Crippen molar-refractivity contribution in [2.75, 3.05) is 19.6 Å². The van der Waals surface area contributed by atoms with Gasteiger partial charge in [0.05, 0.1) is 0 Å². The Morgan fingerprint density at radius 2 is 2.00 bits per heavy atom. The topological polar surface area (TPSA) is 35.5 Å². The minimum absolute atomic E-state index is 0.349. The predicted molar refractivity (Wildman–Crippen MR) is 72.5 cm³/mol. The largest absolute Gasteiger partial charge is 0.508 e. The van der Waals surface area contributed by atoms with E-state index in [2.05, 4.69) is 24.1 Å². The Morgan fingerprint density at radius 3 is 2.67 bits per heavy atom. The zero-order valence-electron chi connectivity index (χ0n) is 11.1. The standard InChI is InChI=1S/C15H22N2O/c1-10(12-3-5-14(18)6-4-12)17-9-13-7-16-8-15(13)11(17)2/h3-6,10-11,13,15-16,18H,7-9H2,1-2H3. The van der Waals surface area contributed by atoms with Gasteiger partial charge in [0, 0.05) is 18.6 Å². The summed E-state index contributed by atoms with van der Waals surface area (Å²) in [6, 6.07) is 8.74. The Morgan fingerprint density at radius 1 is 1.28 bits per heavy atom. The number of phenolic OH excluding ortho intramolecular Hbond substituents is 1. The monoisotopic (exact) mass is 246 g/mol. The van der Waals surface area contributed by atoms with Crippen LogP contribution in [-0.2, 0) is 0 Å². The fourth-order valence-electron chi connectivity index (χ4n) is 3.66. The fourth-order valence-corrected chi connectivity index (χ4v) is 3.66. The van der Waals surface area contributed by atoms with Crippen molar-refractivity contribution in [3.63, 3.8) is 0 Å². The molecule has 2 heterocycles. The molecule has 2 saturated heterocycles. The molecule has 1 aromatic carbocycles. The molecule has 3 nitrogen and oxygen atoms in total. The molecular formula is C15H22N2O. The second-order valence-electron chi connectivity index (χ2n) is 5.79. The predicted octanol–water partition coefficient (Wildman–Crippen LogP) is 1.99. The first-order valence-electron chi connectivity index (χ1n) is 6.92. The molecule has 2 N–H and O–H groups in total. The van der Waals surface area contributed by atoms with Gasteiger partial charge < -0.3 is 10.4 Å². The van der Waals surface area contributed by atoms with Gasteiger partial charge in [-0.3, -0.25) is 4.90 Å². The van der Waals surface area contributed by atoms with Crippen LogP contribution in [0.4, 0.5) is 0 Å². The Bertz CT molecular complexity index is 417. The Kier molecular flexibility index (Phi) is 3.04. The van der Waals surface area contributed by atoms with E-state index in [4.69, 9.17) is 0 Å². The molecule has 1 aromatic rings. The molecule has 4 atom stereocenters. The summed E-state index contributed by atoms with van der Waals surface area (Å²) in [5, 5.41) is 12.9. The number of rotatable bonds is 2. The maximum atomic E-state index is 9.37. The normalized spacial score (nSPS) is 33.6. The van der Waals surface area contributed by atoms with Crippen LogP contribution in [0.3, 0.4) is 0 Å². The summed E-state index contributed by atoms with van der Waals surface area (Å²) >= 11 is 0. The van der Waals surface area contributed by atoms with E-state index in [-0.39, 0.29) is 0 Å². The highest BCUT2D eigenvalue weighted by atomic mass is 16.3. The minimum Gasteiger partial charge on any atom is -0.508 e. The third kappa shape index (κ3) is 1.91. The lowest BCUT2D eigenvalue weighted by Crippen LogP contribution is -2.35. The molecule has 0 amide bonds. The number of phenols is 1. The summed E-state index contributed by atoms with van der Waals surface area (Å²) in [6.07, 6.45) is 0. The number of hydrogen-bond donors (Lipinski definition) is 2. The molecule has 3 rings (SSSR count). The maximum absolute atomic E-state index is 9.37. The molecule has 3 heteroatoms. The molecule has 0 radical (unpaired) electrons. The van der Waals surface area contributed by atoms with Gasteiger partial charge in [-0.05, 0) is 56.5 Å². The van der Waals surface area contributed by atoms with Crippen LogP contribution in [0, 0.1) is 11.8 Å². The molecule has 0 aliphatic carbocycles. The zero-order valence-corrected chi connectivity index (χ0v) is 11.1. The summed E-state index contributed by atoms with van der Waals surface area (Å²) < 4.78 is 0. The molecule has 0 aromatic heterocycles. The highest BCUT2D eigenvalue weighted by molar-refractivity contribution is 5.28. The third-order valence-corrected chi connectivity index (χ3v) is 4.85. The molecule has 98 valence electrons. The van der Waals surface area contributed by atoms with E-state index in [1.807, 2.05) is 12.1 Å². The molecular weight excluding hydrogens is 224 g/mol. The molecule has 4 unspecified atom stereocenters. The summed E-state index contributed by atoms with van der Waals surface area (Å²) in [6.45, 7) is 8.17. The quantitative estimate of drug-likeness (QED) is 0.837. The molecule has 0 spiro atoms.